The van der Waals surface area contributed by atoms with Gasteiger partial charge in [-0.3, -0.25) is 0 Å². The maximum Gasteiger partial charge on any atom is 0.0715 e. The number of hydrogen-bond donors (Lipinski definition) is 0. The fourth-order valence-corrected chi connectivity index (χ4v) is 8.28. The summed E-state index contributed by atoms with van der Waals surface area (Å²) in [6, 6.07) is 61.6. The van der Waals surface area contributed by atoms with Gasteiger partial charge in [-0.15, -0.1) is 0 Å². The Morgan fingerprint density at radius 1 is 0.255 bits per heavy atom. The predicted molar refractivity (Wildman–Crippen MR) is 234 cm³/mol. The summed E-state index contributed by atoms with van der Waals surface area (Å²) in [5.74, 6) is 0. The molecule has 0 aliphatic rings. The van der Waals surface area contributed by atoms with Crippen molar-refractivity contribution in [3.8, 4) is 11.1 Å². The SMILES string of the molecule is c1ccc(-c2c3ccccc3nc3ccccc23)cc1.c1ccc2c(CCCCCCCc3c4ccccc4nc4ccccc34)c3ccccc3nc2c1. The van der Waals surface area contributed by atoms with Gasteiger partial charge in [-0.2, -0.15) is 0 Å². The molecular formula is C52H43N3. The number of hydrogen-bond acceptors (Lipinski definition) is 3. The Morgan fingerprint density at radius 2 is 0.527 bits per heavy atom. The smallest absolute Gasteiger partial charge is 0.0715 e. The summed E-state index contributed by atoms with van der Waals surface area (Å²) in [5, 5.41) is 7.64. The fraction of sp³-hybridized carbons (Fsp3) is 0.135. The molecule has 0 spiro atoms. The Balaban J connectivity index is 0.000000167. The molecule has 3 aromatic heterocycles. The van der Waals surface area contributed by atoms with Gasteiger partial charge in [0.25, 0.3) is 0 Å². The van der Waals surface area contributed by atoms with Crippen LogP contribution in [0, 0.1) is 0 Å². The molecule has 0 saturated heterocycles. The minimum atomic E-state index is 1.05. The Hall–Kier alpha value is -6.45. The van der Waals surface area contributed by atoms with Crippen molar-refractivity contribution in [2.45, 2.75) is 44.9 Å². The fourth-order valence-electron chi connectivity index (χ4n) is 8.28. The van der Waals surface area contributed by atoms with Crippen LogP contribution in [0.4, 0.5) is 0 Å². The molecule has 3 heterocycles. The molecular weight excluding hydrogens is 667 g/mol. The number of fused-ring (bicyclic) bond motifs is 6. The largest absolute Gasteiger partial charge is 0.248 e. The van der Waals surface area contributed by atoms with Gasteiger partial charge in [-0.1, -0.05) is 159 Å². The number of para-hydroxylation sites is 6. The van der Waals surface area contributed by atoms with Crippen LogP contribution in [-0.4, -0.2) is 15.0 Å². The number of rotatable bonds is 9. The van der Waals surface area contributed by atoms with Crippen LogP contribution < -0.4 is 0 Å². The summed E-state index contributed by atoms with van der Waals surface area (Å²) >= 11 is 0. The number of benzene rings is 7. The van der Waals surface area contributed by atoms with Gasteiger partial charge in [0.1, 0.15) is 0 Å². The summed E-state index contributed by atoms with van der Waals surface area (Å²) < 4.78 is 0. The zero-order valence-corrected chi connectivity index (χ0v) is 31.0. The maximum absolute atomic E-state index is 4.87. The standard InChI is InChI=1S/C33H30N2.C19H13N/c1(2-4-14-24-26-16-6-10-20-30(26)34-31-21-11-7-17-27(24)31)3-5-15-25-28-18-8-12-22-32(28)35-33-23-13-9-19-29(25)33;1-2-8-14(9-3-1)19-15-10-4-6-12-17(15)20-18-13-7-5-11-16(18)19/h6-13,16-23H,1-5,14-15H2;1-13H. The van der Waals surface area contributed by atoms with Crippen LogP contribution in [0.1, 0.15) is 43.2 Å². The average molecular weight is 710 g/mol. The van der Waals surface area contributed by atoms with E-state index in [1.807, 2.05) is 12.1 Å². The van der Waals surface area contributed by atoms with Crippen LogP contribution in [0.3, 0.4) is 0 Å². The summed E-state index contributed by atoms with van der Waals surface area (Å²) in [6.45, 7) is 0. The van der Waals surface area contributed by atoms with Crippen molar-refractivity contribution in [3.05, 3.63) is 187 Å². The average Bonchev–Trinajstić information content (AvgIpc) is 3.25. The maximum atomic E-state index is 4.87. The summed E-state index contributed by atoms with van der Waals surface area (Å²) in [4.78, 5) is 14.5. The molecule has 0 fully saturated rings. The molecule has 0 atom stereocenters. The second-order valence-corrected chi connectivity index (χ2v) is 14.4. The molecule has 0 saturated carbocycles. The van der Waals surface area contributed by atoms with Crippen molar-refractivity contribution in [3.63, 3.8) is 0 Å². The van der Waals surface area contributed by atoms with Gasteiger partial charge >= 0.3 is 0 Å². The first kappa shape index (κ1) is 34.3. The summed E-state index contributed by atoms with van der Waals surface area (Å²) in [6.07, 6.45) is 8.48. The van der Waals surface area contributed by atoms with E-state index in [1.54, 1.807) is 0 Å². The lowest BCUT2D eigenvalue weighted by Gasteiger charge is -2.12. The van der Waals surface area contributed by atoms with Gasteiger partial charge in [-0.05, 0) is 78.8 Å². The molecule has 0 bridgehead atoms. The number of unbranched alkanes of at least 4 members (excludes halogenated alkanes) is 4. The quantitative estimate of drug-likeness (QED) is 0.111. The number of nitrogens with zero attached hydrogens (tertiary/aromatic N) is 3. The molecule has 0 unspecified atom stereocenters. The van der Waals surface area contributed by atoms with Crippen LogP contribution in [0.2, 0.25) is 0 Å². The lowest BCUT2D eigenvalue weighted by Crippen LogP contribution is -1.95. The summed E-state index contributed by atoms with van der Waals surface area (Å²) in [5.41, 5.74) is 12.0. The summed E-state index contributed by atoms with van der Waals surface area (Å²) in [7, 11) is 0. The van der Waals surface area contributed by atoms with Gasteiger partial charge in [-0.25, -0.2) is 15.0 Å². The topological polar surface area (TPSA) is 38.7 Å². The number of aromatic nitrogens is 3. The van der Waals surface area contributed by atoms with Crippen molar-refractivity contribution < 1.29 is 0 Å². The molecule has 0 aliphatic heterocycles. The third kappa shape index (κ3) is 7.14. The van der Waals surface area contributed by atoms with Crippen LogP contribution >= 0.6 is 0 Å². The van der Waals surface area contributed by atoms with E-state index in [4.69, 9.17) is 15.0 Å². The Kier molecular flexibility index (Phi) is 9.91. The molecule has 55 heavy (non-hydrogen) atoms. The number of aryl methyl sites for hydroxylation is 2. The lowest BCUT2D eigenvalue weighted by molar-refractivity contribution is 0.616. The van der Waals surface area contributed by atoms with E-state index in [-0.39, 0.29) is 0 Å². The Labute approximate surface area is 322 Å². The highest BCUT2D eigenvalue weighted by molar-refractivity contribution is 6.09. The monoisotopic (exact) mass is 709 g/mol. The molecule has 0 N–H and O–H groups in total. The van der Waals surface area contributed by atoms with Crippen molar-refractivity contribution in [2.24, 2.45) is 0 Å². The second-order valence-electron chi connectivity index (χ2n) is 14.4. The van der Waals surface area contributed by atoms with E-state index in [2.05, 4.69) is 164 Å². The highest BCUT2D eigenvalue weighted by atomic mass is 14.7. The minimum Gasteiger partial charge on any atom is -0.248 e. The third-order valence-electron chi connectivity index (χ3n) is 10.9. The van der Waals surface area contributed by atoms with Crippen LogP contribution in [0.15, 0.2) is 176 Å². The van der Waals surface area contributed by atoms with Crippen LogP contribution in [0.25, 0.3) is 76.5 Å². The molecule has 266 valence electrons. The molecule has 3 heteroatoms. The van der Waals surface area contributed by atoms with Crippen LogP contribution in [0.5, 0.6) is 0 Å². The molecule has 3 nitrogen and oxygen atoms in total. The van der Waals surface area contributed by atoms with Crippen molar-refractivity contribution in [2.75, 3.05) is 0 Å². The van der Waals surface area contributed by atoms with E-state index in [0.717, 1.165) is 45.9 Å². The van der Waals surface area contributed by atoms with Gasteiger partial charge in [0.2, 0.25) is 0 Å². The number of pyridine rings is 3. The predicted octanol–water partition coefficient (Wildman–Crippen LogP) is 13.9. The molecule has 10 rings (SSSR count). The van der Waals surface area contributed by atoms with E-state index < -0.39 is 0 Å². The normalized spacial score (nSPS) is 11.4. The van der Waals surface area contributed by atoms with Gasteiger partial charge in [0, 0.05) is 37.9 Å². The van der Waals surface area contributed by atoms with Crippen molar-refractivity contribution in [1.29, 1.82) is 0 Å². The second kappa shape index (κ2) is 15.9. The first-order valence-electron chi connectivity index (χ1n) is 19.7. The van der Waals surface area contributed by atoms with E-state index >= 15 is 0 Å². The van der Waals surface area contributed by atoms with Crippen LogP contribution in [-0.2, 0) is 12.8 Å². The third-order valence-corrected chi connectivity index (χ3v) is 10.9. The zero-order valence-electron chi connectivity index (χ0n) is 31.0. The van der Waals surface area contributed by atoms with Gasteiger partial charge < -0.3 is 0 Å². The minimum absolute atomic E-state index is 1.05. The highest BCUT2D eigenvalue weighted by Crippen LogP contribution is 2.35. The molecule has 0 amide bonds. The Bertz CT molecular complexity index is 2630. The Morgan fingerprint density at radius 3 is 0.891 bits per heavy atom. The van der Waals surface area contributed by atoms with Crippen molar-refractivity contribution in [1.82, 2.24) is 15.0 Å². The lowest BCUT2D eigenvalue weighted by atomic mass is 9.96. The van der Waals surface area contributed by atoms with E-state index in [0.29, 0.717) is 0 Å². The van der Waals surface area contributed by atoms with Crippen molar-refractivity contribution >= 4 is 65.4 Å². The van der Waals surface area contributed by atoms with E-state index in [9.17, 15) is 0 Å². The highest BCUT2D eigenvalue weighted by Gasteiger charge is 2.12. The first-order valence-corrected chi connectivity index (χ1v) is 19.7. The molecule has 0 aliphatic carbocycles. The molecule has 0 radical (unpaired) electrons. The van der Waals surface area contributed by atoms with E-state index in [1.165, 1.54) is 86.7 Å². The molecule has 10 aromatic rings. The van der Waals surface area contributed by atoms with Gasteiger partial charge in [0.05, 0.1) is 33.1 Å². The molecule has 7 aromatic carbocycles. The van der Waals surface area contributed by atoms with Gasteiger partial charge in [0.15, 0.2) is 0 Å². The first-order chi connectivity index (χ1) is 27.3. The zero-order chi connectivity index (χ0) is 36.8.